The highest BCUT2D eigenvalue weighted by atomic mass is 127. The maximum absolute atomic E-state index is 12.9. The first-order chi connectivity index (χ1) is 10.5. The smallest absolute Gasteiger partial charge is 0.0852 e. The van der Waals surface area contributed by atoms with Crippen molar-refractivity contribution in [1.82, 2.24) is 0 Å². The SMILES string of the molecule is Cc1ccc(S(=O)c2ccccc2[C@H](C)/C=C(\I)CO)cc1. The van der Waals surface area contributed by atoms with E-state index in [0.717, 1.165) is 24.5 Å². The van der Waals surface area contributed by atoms with Gasteiger partial charge < -0.3 is 5.11 Å². The van der Waals surface area contributed by atoms with Crippen LogP contribution < -0.4 is 0 Å². The van der Waals surface area contributed by atoms with Gasteiger partial charge in [0, 0.05) is 19.3 Å². The molecule has 2 nitrogen and oxygen atoms in total. The van der Waals surface area contributed by atoms with Gasteiger partial charge in [0.05, 0.1) is 17.4 Å². The van der Waals surface area contributed by atoms with E-state index in [1.54, 1.807) is 0 Å². The highest BCUT2D eigenvalue weighted by Gasteiger charge is 2.15. The van der Waals surface area contributed by atoms with Gasteiger partial charge in [-0.3, -0.25) is 0 Å². The van der Waals surface area contributed by atoms with Gasteiger partial charge in [-0.1, -0.05) is 48.9 Å². The molecule has 0 heterocycles. The molecule has 0 spiro atoms. The first-order valence-electron chi connectivity index (χ1n) is 7.07. The summed E-state index contributed by atoms with van der Waals surface area (Å²) < 4.78 is 13.8. The van der Waals surface area contributed by atoms with E-state index in [-0.39, 0.29) is 12.5 Å². The van der Waals surface area contributed by atoms with E-state index in [1.165, 1.54) is 0 Å². The molecule has 0 aliphatic heterocycles. The Kier molecular flexibility index (Phi) is 6.35. The molecule has 2 aromatic rings. The van der Waals surface area contributed by atoms with Crippen molar-refractivity contribution in [3.63, 3.8) is 0 Å². The number of rotatable bonds is 5. The molecule has 0 bridgehead atoms. The molecule has 0 saturated heterocycles. The van der Waals surface area contributed by atoms with Crippen molar-refractivity contribution < 1.29 is 9.32 Å². The van der Waals surface area contributed by atoms with Gasteiger partial charge in [-0.2, -0.15) is 0 Å². The molecule has 2 aromatic carbocycles. The molecule has 0 fully saturated rings. The average Bonchev–Trinajstić information content (AvgIpc) is 2.54. The van der Waals surface area contributed by atoms with Crippen LogP contribution in [-0.4, -0.2) is 15.9 Å². The lowest BCUT2D eigenvalue weighted by Gasteiger charge is -2.14. The number of aliphatic hydroxyl groups is 1. The number of benzene rings is 2. The molecule has 0 aliphatic rings. The van der Waals surface area contributed by atoms with Gasteiger partial charge in [0.2, 0.25) is 0 Å². The Morgan fingerprint density at radius 2 is 1.86 bits per heavy atom. The number of aliphatic hydroxyl groups excluding tert-OH is 1. The number of aryl methyl sites for hydroxylation is 1. The third-order valence-corrected chi connectivity index (χ3v) is 5.60. The first kappa shape index (κ1) is 17.4. The summed E-state index contributed by atoms with van der Waals surface area (Å²) in [4.78, 5) is 1.64. The van der Waals surface area contributed by atoms with Crippen LogP contribution in [0.3, 0.4) is 0 Å². The lowest BCUT2D eigenvalue weighted by Crippen LogP contribution is -2.01. The molecule has 2 atom stereocenters. The van der Waals surface area contributed by atoms with Crippen molar-refractivity contribution in [2.24, 2.45) is 0 Å². The summed E-state index contributed by atoms with van der Waals surface area (Å²) in [5.74, 6) is 0.102. The number of allylic oxidation sites excluding steroid dienone is 1. The van der Waals surface area contributed by atoms with Gasteiger partial charge in [-0.15, -0.1) is 0 Å². The van der Waals surface area contributed by atoms with Crippen molar-refractivity contribution in [1.29, 1.82) is 0 Å². The Morgan fingerprint density at radius 3 is 2.50 bits per heavy atom. The molecule has 2 rings (SSSR count). The van der Waals surface area contributed by atoms with E-state index < -0.39 is 10.8 Å². The van der Waals surface area contributed by atoms with Crippen molar-refractivity contribution in [2.45, 2.75) is 29.6 Å². The quantitative estimate of drug-likeness (QED) is 0.711. The molecule has 116 valence electrons. The van der Waals surface area contributed by atoms with E-state index in [1.807, 2.05) is 61.5 Å². The maximum atomic E-state index is 12.9. The molecule has 4 heteroatoms. The van der Waals surface area contributed by atoms with Gasteiger partial charge in [-0.25, -0.2) is 4.21 Å². The average molecular weight is 426 g/mol. The fourth-order valence-electron chi connectivity index (χ4n) is 2.23. The fourth-order valence-corrected chi connectivity index (χ4v) is 4.07. The summed E-state index contributed by atoms with van der Waals surface area (Å²) in [6, 6.07) is 15.6. The van der Waals surface area contributed by atoms with Crippen LogP contribution in [0.25, 0.3) is 0 Å². The van der Waals surface area contributed by atoms with Crippen LogP contribution in [-0.2, 0) is 10.8 Å². The monoisotopic (exact) mass is 426 g/mol. The Balaban J connectivity index is 2.39. The Labute approximate surface area is 147 Å². The fraction of sp³-hybridized carbons (Fsp3) is 0.222. The second-order valence-electron chi connectivity index (χ2n) is 5.18. The van der Waals surface area contributed by atoms with Crippen LogP contribution >= 0.6 is 22.6 Å². The second-order valence-corrected chi connectivity index (χ2v) is 8.01. The summed E-state index contributed by atoms with van der Waals surface area (Å²) >= 11 is 2.13. The van der Waals surface area contributed by atoms with Crippen LogP contribution in [0.4, 0.5) is 0 Å². The van der Waals surface area contributed by atoms with E-state index >= 15 is 0 Å². The number of hydrogen-bond donors (Lipinski definition) is 1. The third kappa shape index (κ3) is 4.27. The standard InChI is InChI=1S/C18H19IO2S/c1-13-7-9-16(10-8-13)22(21)18-6-4-3-5-17(18)14(2)11-15(19)12-20/h3-11,14,20H,12H2,1-2H3/b15-11-/t14-,22?/m1/s1. The van der Waals surface area contributed by atoms with Crippen LogP contribution in [0.15, 0.2) is 68.0 Å². The molecule has 0 saturated carbocycles. The van der Waals surface area contributed by atoms with Gasteiger partial charge in [0.1, 0.15) is 0 Å². The molecule has 0 aliphatic carbocycles. The summed E-state index contributed by atoms with van der Waals surface area (Å²) in [6.45, 7) is 4.11. The van der Waals surface area contributed by atoms with E-state index in [9.17, 15) is 9.32 Å². The Bertz CT molecular complexity index is 692. The number of halogens is 1. The zero-order valence-electron chi connectivity index (χ0n) is 12.6. The predicted molar refractivity (Wildman–Crippen MR) is 99.9 cm³/mol. The van der Waals surface area contributed by atoms with Crippen LogP contribution in [0, 0.1) is 6.92 Å². The zero-order chi connectivity index (χ0) is 16.1. The summed E-state index contributed by atoms with van der Waals surface area (Å²) in [7, 11) is -1.20. The lowest BCUT2D eigenvalue weighted by atomic mass is 10.0. The van der Waals surface area contributed by atoms with E-state index in [2.05, 4.69) is 29.5 Å². The number of hydrogen-bond acceptors (Lipinski definition) is 2. The highest BCUT2D eigenvalue weighted by molar-refractivity contribution is 14.1. The normalized spacial score (nSPS) is 14.6. The highest BCUT2D eigenvalue weighted by Crippen LogP contribution is 2.28. The lowest BCUT2D eigenvalue weighted by molar-refractivity contribution is 0.340. The maximum Gasteiger partial charge on any atom is 0.0852 e. The molecular weight excluding hydrogens is 407 g/mol. The van der Waals surface area contributed by atoms with Gasteiger partial charge in [0.15, 0.2) is 0 Å². The van der Waals surface area contributed by atoms with Crippen molar-refractivity contribution >= 4 is 33.4 Å². The predicted octanol–water partition coefficient (Wildman–Crippen LogP) is 4.58. The minimum Gasteiger partial charge on any atom is -0.391 e. The second kappa shape index (κ2) is 8.04. The Hall–Kier alpha value is -0.980. The first-order valence-corrected chi connectivity index (χ1v) is 9.30. The van der Waals surface area contributed by atoms with Crippen molar-refractivity contribution in [3.8, 4) is 0 Å². The van der Waals surface area contributed by atoms with Gasteiger partial charge in [-0.05, 0) is 53.3 Å². The molecule has 1 N–H and O–H groups in total. The topological polar surface area (TPSA) is 37.3 Å². The zero-order valence-corrected chi connectivity index (χ0v) is 15.6. The van der Waals surface area contributed by atoms with Crippen molar-refractivity contribution in [3.05, 3.63) is 69.3 Å². The molecule has 0 aromatic heterocycles. The third-order valence-electron chi connectivity index (χ3n) is 3.43. The largest absolute Gasteiger partial charge is 0.391 e. The van der Waals surface area contributed by atoms with E-state index in [0.29, 0.717) is 0 Å². The molecule has 22 heavy (non-hydrogen) atoms. The molecular formula is C18H19IO2S. The molecule has 0 radical (unpaired) electrons. The van der Waals surface area contributed by atoms with E-state index in [4.69, 9.17) is 0 Å². The summed E-state index contributed by atoms with van der Waals surface area (Å²) in [6.07, 6.45) is 2.01. The minimum atomic E-state index is -1.20. The van der Waals surface area contributed by atoms with Crippen LogP contribution in [0.1, 0.15) is 24.0 Å². The molecule has 0 amide bonds. The van der Waals surface area contributed by atoms with Crippen LogP contribution in [0.2, 0.25) is 0 Å². The van der Waals surface area contributed by atoms with Crippen molar-refractivity contribution in [2.75, 3.05) is 6.61 Å². The minimum absolute atomic E-state index is 0.0358. The van der Waals surface area contributed by atoms with Gasteiger partial charge >= 0.3 is 0 Å². The van der Waals surface area contributed by atoms with Gasteiger partial charge in [0.25, 0.3) is 0 Å². The Morgan fingerprint density at radius 1 is 1.23 bits per heavy atom. The molecule has 1 unspecified atom stereocenters. The summed E-state index contributed by atoms with van der Waals surface area (Å²) in [5, 5.41) is 9.18. The van der Waals surface area contributed by atoms with Crippen LogP contribution in [0.5, 0.6) is 0 Å². The summed E-state index contributed by atoms with van der Waals surface area (Å²) in [5.41, 5.74) is 2.19.